The van der Waals surface area contributed by atoms with E-state index in [0.29, 0.717) is 11.6 Å². The van der Waals surface area contributed by atoms with Gasteiger partial charge in [0.25, 0.3) is 0 Å². The Morgan fingerprint density at radius 1 is 0.917 bits per heavy atom. The average molecular weight is 313 g/mol. The van der Waals surface area contributed by atoms with Crippen molar-refractivity contribution in [2.75, 3.05) is 0 Å². The molecule has 5 heteroatoms. The van der Waals surface area contributed by atoms with E-state index in [1.165, 1.54) is 0 Å². The third-order valence-corrected chi connectivity index (χ3v) is 3.78. The van der Waals surface area contributed by atoms with Crippen LogP contribution in [0.3, 0.4) is 0 Å². The second kappa shape index (κ2) is 5.67. The first-order valence-electron chi connectivity index (χ1n) is 7.64. The third kappa shape index (κ3) is 2.55. The lowest BCUT2D eigenvalue weighted by Crippen LogP contribution is -1.92. The molecular formula is C19H15N5. The Kier molecular flexibility index (Phi) is 3.36. The minimum atomic E-state index is 0.494. The number of imidazole rings is 1. The van der Waals surface area contributed by atoms with Crippen LogP contribution >= 0.6 is 0 Å². The Labute approximate surface area is 139 Å². The van der Waals surface area contributed by atoms with Gasteiger partial charge in [-0.15, -0.1) is 5.10 Å². The number of hydrogen-bond acceptors (Lipinski definition) is 3. The van der Waals surface area contributed by atoms with Crippen LogP contribution in [0.5, 0.6) is 0 Å². The molecule has 0 aliphatic heterocycles. The van der Waals surface area contributed by atoms with Crippen LogP contribution in [0.4, 0.5) is 0 Å². The van der Waals surface area contributed by atoms with E-state index < -0.39 is 0 Å². The fraction of sp³-hybridized carbons (Fsp3) is 0.105. The summed E-state index contributed by atoms with van der Waals surface area (Å²) in [6.07, 6.45) is 1.97. The number of benzene rings is 1. The highest BCUT2D eigenvalue weighted by Crippen LogP contribution is 2.17. The summed E-state index contributed by atoms with van der Waals surface area (Å²) in [6, 6.07) is 15.9. The topological polar surface area (TPSA) is 48.0 Å². The Balaban J connectivity index is 1.70. The zero-order valence-corrected chi connectivity index (χ0v) is 13.4. The van der Waals surface area contributed by atoms with Gasteiger partial charge in [0.05, 0.1) is 5.69 Å². The van der Waals surface area contributed by atoms with E-state index in [2.05, 4.69) is 26.9 Å². The van der Waals surface area contributed by atoms with Gasteiger partial charge in [0.2, 0.25) is 5.82 Å². The van der Waals surface area contributed by atoms with E-state index >= 15 is 0 Å². The molecule has 5 nitrogen and oxygen atoms in total. The highest BCUT2D eigenvalue weighted by molar-refractivity contribution is 5.59. The zero-order chi connectivity index (χ0) is 16.5. The molecule has 116 valence electrons. The summed E-state index contributed by atoms with van der Waals surface area (Å²) in [5.74, 6) is 7.25. The number of hydrogen-bond donors (Lipinski definition) is 0. The van der Waals surface area contributed by atoms with Crippen LogP contribution < -0.4 is 0 Å². The Morgan fingerprint density at radius 2 is 1.75 bits per heavy atom. The minimum Gasteiger partial charge on any atom is -0.327 e. The Hall–Kier alpha value is -3.39. The second-order valence-electron chi connectivity index (χ2n) is 5.55. The van der Waals surface area contributed by atoms with Gasteiger partial charge in [0.1, 0.15) is 0 Å². The van der Waals surface area contributed by atoms with Gasteiger partial charge in [0, 0.05) is 24.5 Å². The molecule has 0 aliphatic rings. The zero-order valence-electron chi connectivity index (χ0n) is 13.4. The maximum Gasteiger partial charge on any atom is 0.226 e. The summed E-state index contributed by atoms with van der Waals surface area (Å²) >= 11 is 0. The molecule has 0 unspecified atom stereocenters. The van der Waals surface area contributed by atoms with Crippen molar-refractivity contribution in [3.63, 3.8) is 0 Å². The molecular weight excluding hydrogens is 298 g/mol. The van der Waals surface area contributed by atoms with Gasteiger partial charge in [-0.25, -0.2) is 9.50 Å². The number of pyridine rings is 1. The maximum absolute atomic E-state index is 4.59. The SMILES string of the molecule is Cc1cccc2nc(C#Cc3nc(-c4ccccc4)cn3C)nn12. The Morgan fingerprint density at radius 3 is 2.54 bits per heavy atom. The summed E-state index contributed by atoms with van der Waals surface area (Å²) < 4.78 is 3.70. The molecule has 0 amide bonds. The van der Waals surface area contributed by atoms with E-state index in [0.717, 1.165) is 22.6 Å². The van der Waals surface area contributed by atoms with E-state index in [4.69, 9.17) is 0 Å². The first-order valence-corrected chi connectivity index (χ1v) is 7.64. The van der Waals surface area contributed by atoms with E-state index in [-0.39, 0.29) is 0 Å². The lowest BCUT2D eigenvalue weighted by Gasteiger charge is -1.93. The standard InChI is InChI=1S/C19H15N5/c1-14-7-6-10-19-21-17(22-24(14)19)11-12-18-20-16(13-23(18)2)15-8-4-3-5-9-15/h3-10,13H,1-2H3. The van der Waals surface area contributed by atoms with Crippen LogP contribution in [-0.4, -0.2) is 24.1 Å². The lowest BCUT2D eigenvalue weighted by molar-refractivity contribution is 0.892. The van der Waals surface area contributed by atoms with Gasteiger partial charge in [0.15, 0.2) is 11.5 Å². The van der Waals surface area contributed by atoms with Gasteiger partial charge in [-0.3, -0.25) is 0 Å². The summed E-state index contributed by atoms with van der Waals surface area (Å²) in [5, 5.41) is 4.42. The summed E-state index contributed by atoms with van der Waals surface area (Å²) in [6.45, 7) is 1.99. The summed E-state index contributed by atoms with van der Waals surface area (Å²) in [5.41, 5.74) is 3.80. The normalized spacial score (nSPS) is 10.6. The van der Waals surface area contributed by atoms with Crippen LogP contribution in [0.1, 0.15) is 17.3 Å². The van der Waals surface area contributed by atoms with Crippen molar-refractivity contribution >= 4 is 5.65 Å². The maximum atomic E-state index is 4.59. The van der Waals surface area contributed by atoms with Crippen LogP contribution in [-0.2, 0) is 7.05 Å². The highest BCUT2D eigenvalue weighted by Gasteiger charge is 2.06. The van der Waals surface area contributed by atoms with Crippen LogP contribution in [0.2, 0.25) is 0 Å². The quantitative estimate of drug-likeness (QED) is 0.508. The molecule has 0 N–H and O–H groups in total. The van der Waals surface area contributed by atoms with Gasteiger partial charge in [-0.1, -0.05) is 36.4 Å². The first-order chi connectivity index (χ1) is 11.7. The van der Waals surface area contributed by atoms with Crippen molar-refractivity contribution in [1.29, 1.82) is 0 Å². The molecule has 0 saturated heterocycles. The molecule has 0 bridgehead atoms. The smallest absolute Gasteiger partial charge is 0.226 e. The van der Waals surface area contributed by atoms with E-state index in [1.807, 2.05) is 73.3 Å². The van der Waals surface area contributed by atoms with Crippen molar-refractivity contribution in [2.24, 2.45) is 7.05 Å². The fourth-order valence-electron chi connectivity index (χ4n) is 2.53. The molecule has 4 aromatic rings. The van der Waals surface area contributed by atoms with E-state index in [1.54, 1.807) is 4.52 Å². The lowest BCUT2D eigenvalue weighted by atomic mass is 10.2. The largest absolute Gasteiger partial charge is 0.327 e. The van der Waals surface area contributed by atoms with Gasteiger partial charge in [-0.05, 0) is 30.9 Å². The molecule has 0 radical (unpaired) electrons. The molecule has 0 saturated carbocycles. The first kappa shape index (κ1) is 14.2. The van der Waals surface area contributed by atoms with Gasteiger partial charge >= 0.3 is 0 Å². The molecule has 4 rings (SSSR count). The summed E-state index contributed by atoms with van der Waals surface area (Å²) in [7, 11) is 1.94. The van der Waals surface area contributed by atoms with Gasteiger partial charge in [-0.2, -0.15) is 4.98 Å². The molecule has 24 heavy (non-hydrogen) atoms. The molecule has 3 aromatic heterocycles. The van der Waals surface area contributed by atoms with Crippen molar-refractivity contribution in [3.05, 3.63) is 72.1 Å². The molecule has 0 spiro atoms. The van der Waals surface area contributed by atoms with E-state index in [9.17, 15) is 0 Å². The average Bonchev–Trinajstić information content (AvgIpc) is 3.18. The number of rotatable bonds is 1. The van der Waals surface area contributed by atoms with Crippen LogP contribution in [0.25, 0.3) is 16.9 Å². The number of nitrogens with zero attached hydrogens (tertiary/aromatic N) is 5. The second-order valence-corrected chi connectivity index (χ2v) is 5.55. The van der Waals surface area contributed by atoms with Crippen LogP contribution in [0.15, 0.2) is 54.7 Å². The van der Waals surface area contributed by atoms with Crippen LogP contribution in [0, 0.1) is 18.8 Å². The van der Waals surface area contributed by atoms with Crippen molar-refractivity contribution in [1.82, 2.24) is 24.1 Å². The minimum absolute atomic E-state index is 0.494. The number of aromatic nitrogens is 5. The highest BCUT2D eigenvalue weighted by atomic mass is 15.3. The molecule has 0 fully saturated rings. The summed E-state index contributed by atoms with van der Waals surface area (Å²) in [4.78, 5) is 9.02. The molecule has 3 heterocycles. The Bertz CT molecular complexity index is 1080. The number of fused-ring (bicyclic) bond motifs is 1. The monoisotopic (exact) mass is 313 g/mol. The van der Waals surface area contributed by atoms with Crippen molar-refractivity contribution in [2.45, 2.75) is 6.92 Å². The third-order valence-electron chi connectivity index (χ3n) is 3.78. The molecule has 1 aromatic carbocycles. The van der Waals surface area contributed by atoms with Crippen molar-refractivity contribution < 1.29 is 0 Å². The predicted octanol–water partition coefficient (Wildman–Crippen LogP) is 2.84. The fourth-order valence-corrected chi connectivity index (χ4v) is 2.53. The number of aryl methyl sites for hydroxylation is 2. The predicted molar refractivity (Wildman–Crippen MR) is 92.3 cm³/mol. The van der Waals surface area contributed by atoms with Gasteiger partial charge < -0.3 is 4.57 Å². The molecule has 0 aliphatic carbocycles. The molecule has 0 atom stereocenters. The van der Waals surface area contributed by atoms with Crippen molar-refractivity contribution in [3.8, 4) is 23.1 Å².